The summed E-state index contributed by atoms with van der Waals surface area (Å²) >= 11 is 0. The second-order valence-corrected chi connectivity index (χ2v) is 5.08. The summed E-state index contributed by atoms with van der Waals surface area (Å²) in [6.45, 7) is 7.45. The van der Waals surface area contributed by atoms with E-state index < -0.39 is 0 Å². The zero-order valence-electron chi connectivity index (χ0n) is 12.2. The zero-order chi connectivity index (χ0) is 14.1. The molecule has 0 saturated carbocycles. The standard InChI is InChI=1S/C14H27N3O2/c1-3-8-16-13(18)5-6-14(19)17(10-4-2)12-7-9-15-11-12/h12,15H,3-11H2,1-2H3,(H,16,18). The van der Waals surface area contributed by atoms with Gasteiger partial charge in [0, 0.05) is 38.5 Å². The van der Waals surface area contributed by atoms with Crippen LogP contribution in [0.3, 0.4) is 0 Å². The Labute approximate surface area is 116 Å². The van der Waals surface area contributed by atoms with Crippen molar-refractivity contribution >= 4 is 11.8 Å². The smallest absolute Gasteiger partial charge is 0.223 e. The second-order valence-electron chi connectivity index (χ2n) is 5.08. The third-order valence-electron chi connectivity index (χ3n) is 3.40. The average Bonchev–Trinajstić information content (AvgIpc) is 2.93. The lowest BCUT2D eigenvalue weighted by molar-refractivity contribution is -0.135. The van der Waals surface area contributed by atoms with E-state index in [1.54, 1.807) is 0 Å². The van der Waals surface area contributed by atoms with Gasteiger partial charge in [-0.2, -0.15) is 0 Å². The number of hydrogen-bond acceptors (Lipinski definition) is 3. The first-order valence-electron chi connectivity index (χ1n) is 7.45. The van der Waals surface area contributed by atoms with E-state index in [9.17, 15) is 9.59 Å². The molecule has 1 rings (SSSR count). The Morgan fingerprint density at radius 1 is 1.26 bits per heavy atom. The second kappa shape index (κ2) is 8.91. The molecule has 1 aliphatic heterocycles. The molecule has 0 aromatic carbocycles. The molecule has 1 unspecified atom stereocenters. The molecule has 0 radical (unpaired) electrons. The molecule has 1 aliphatic rings. The first-order valence-corrected chi connectivity index (χ1v) is 7.45. The normalized spacial score (nSPS) is 18.3. The topological polar surface area (TPSA) is 61.4 Å². The number of nitrogens with one attached hydrogen (secondary N) is 2. The minimum atomic E-state index is -0.0174. The highest BCUT2D eigenvalue weighted by Crippen LogP contribution is 2.11. The molecule has 1 heterocycles. The molecule has 0 aromatic heterocycles. The summed E-state index contributed by atoms with van der Waals surface area (Å²) in [6, 6.07) is 0.311. The highest BCUT2D eigenvalue weighted by atomic mass is 16.2. The Morgan fingerprint density at radius 3 is 2.63 bits per heavy atom. The van der Waals surface area contributed by atoms with Gasteiger partial charge >= 0.3 is 0 Å². The van der Waals surface area contributed by atoms with Crippen LogP contribution < -0.4 is 10.6 Å². The lowest BCUT2D eigenvalue weighted by Gasteiger charge is -2.28. The van der Waals surface area contributed by atoms with Crippen molar-refractivity contribution in [2.75, 3.05) is 26.2 Å². The molecule has 1 fully saturated rings. The maximum absolute atomic E-state index is 12.2. The Hall–Kier alpha value is -1.10. The van der Waals surface area contributed by atoms with Gasteiger partial charge in [-0.15, -0.1) is 0 Å². The van der Waals surface area contributed by atoms with Crippen molar-refractivity contribution in [2.24, 2.45) is 0 Å². The van der Waals surface area contributed by atoms with Crippen LogP contribution in [-0.2, 0) is 9.59 Å². The van der Waals surface area contributed by atoms with Gasteiger partial charge in [-0.3, -0.25) is 9.59 Å². The average molecular weight is 269 g/mol. The van der Waals surface area contributed by atoms with E-state index in [1.165, 1.54) is 0 Å². The lowest BCUT2D eigenvalue weighted by Crippen LogP contribution is -2.42. The van der Waals surface area contributed by atoms with Crippen molar-refractivity contribution in [3.8, 4) is 0 Å². The molecule has 110 valence electrons. The van der Waals surface area contributed by atoms with Crippen molar-refractivity contribution in [3.05, 3.63) is 0 Å². The van der Waals surface area contributed by atoms with Crippen LogP contribution in [-0.4, -0.2) is 48.9 Å². The maximum atomic E-state index is 12.2. The maximum Gasteiger partial charge on any atom is 0.223 e. The van der Waals surface area contributed by atoms with Crippen LogP contribution in [0.4, 0.5) is 0 Å². The van der Waals surface area contributed by atoms with E-state index in [-0.39, 0.29) is 11.8 Å². The number of carbonyl (C=O) groups excluding carboxylic acids is 2. The zero-order valence-corrected chi connectivity index (χ0v) is 12.2. The minimum absolute atomic E-state index is 0.0174. The van der Waals surface area contributed by atoms with Crippen molar-refractivity contribution < 1.29 is 9.59 Å². The summed E-state index contributed by atoms with van der Waals surface area (Å²) < 4.78 is 0. The van der Waals surface area contributed by atoms with E-state index in [1.807, 2.05) is 11.8 Å². The summed E-state index contributed by atoms with van der Waals surface area (Å²) in [5, 5.41) is 6.09. The van der Waals surface area contributed by atoms with E-state index >= 15 is 0 Å². The number of nitrogens with zero attached hydrogens (tertiary/aromatic N) is 1. The van der Waals surface area contributed by atoms with Gasteiger partial charge in [0.25, 0.3) is 0 Å². The molecular formula is C14H27N3O2. The van der Waals surface area contributed by atoms with Gasteiger partial charge in [-0.1, -0.05) is 13.8 Å². The third kappa shape index (κ3) is 5.59. The van der Waals surface area contributed by atoms with Gasteiger partial charge < -0.3 is 15.5 Å². The Morgan fingerprint density at radius 2 is 2.05 bits per heavy atom. The first-order chi connectivity index (χ1) is 9.19. The fourth-order valence-corrected chi connectivity index (χ4v) is 2.37. The van der Waals surface area contributed by atoms with Crippen molar-refractivity contribution in [1.29, 1.82) is 0 Å². The molecule has 0 bridgehead atoms. The Kier molecular flexibility index (Phi) is 7.48. The van der Waals surface area contributed by atoms with Gasteiger partial charge in [-0.05, 0) is 25.8 Å². The van der Waals surface area contributed by atoms with Gasteiger partial charge in [0.15, 0.2) is 0 Å². The summed E-state index contributed by atoms with van der Waals surface area (Å²) in [5.74, 6) is 0.0957. The van der Waals surface area contributed by atoms with Crippen LogP contribution in [0.5, 0.6) is 0 Å². The molecular weight excluding hydrogens is 242 g/mol. The van der Waals surface area contributed by atoms with Crippen molar-refractivity contribution in [2.45, 2.75) is 52.0 Å². The highest BCUT2D eigenvalue weighted by molar-refractivity contribution is 5.83. The van der Waals surface area contributed by atoms with Crippen LogP contribution in [0, 0.1) is 0 Å². The third-order valence-corrected chi connectivity index (χ3v) is 3.40. The summed E-state index contributed by atoms with van der Waals surface area (Å²) in [5.41, 5.74) is 0. The Bertz CT molecular complexity index is 288. The fourth-order valence-electron chi connectivity index (χ4n) is 2.37. The van der Waals surface area contributed by atoms with E-state index in [0.717, 1.165) is 38.9 Å². The monoisotopic (exact) mass is 269 g/mol. The Balaban J connectivity index is 2.36. The molecule has 0 aromatic rings. The van der Waals surface area contributed by atoms with E-state index in [2.05, 4.69) is 17.6 Å². The molecule has 5 nitrogen and oxygen atoms in total. The lowest BCUT2D eigenvalue weighted by atomic mass is 10.1. The van der Waals surface area contributed by atoms with Crippen LogP contribution >= 0.6 is 0 Å². The molecule has 5 heteroatoms. The van der Waals surface area contributed by atoms with Crippen LogP contribution in [0.15, 0.2) is 0 Å². The summed E-state index contributed by atoms with van der Waals surface area (Å²) in [4.78, 5) is 25.7. The SMILES string of the molecule is CCCNC(=O)CCC(=O)N(CCC)C1CCNC1. The van der Waals surface area contributed by atoms with Crippen molar-refractivity contribution in [1.82, 2.24) is 15.5 Å². The molecule has 2 amide bonds. The van der Waals surface area contributed by atoms with E-state index in [4.69, 9.17) is 0 Å². The first kappa shape index (κ1) is 16.0. The number of amides is 2. The predicted molar refractivity (Wildman–Crippen MR) is 75.8 cm³/mol. The molecule has 1 saturated heterocycles. The number of rotatable bonds is 8. The molecule has 1 atom stereocenters. The van der Waals surface area contributed by atoms with Gasteiger partial charge in [0.2, 0.25) is 11.8 Å². The predicted octanol–water partition coefficient (Wildman–Crippen LogP) is 0.893. The quantitative estimate of drug-likeness (QED) is 0.688. The van der Waals surface area contributed by atoms with Gasteiger partial charge in [0.05, 0.1) is 0 Å². The fraction of sp³-hybridized carbons (Fsp3) is 0.857. The molecule has 0 aliphatic carbocycles. The van der Waals surface area contributed by atoms with Crippen LogP contribution in [0.25, 0.3) is 0 Å². The van der Waals surface area contributed by atoms with Gasteiger partial charge in [-0.25, -0.2) is 0 Å². The minimum Gasteiger partial charge on any atom is -0.356 e. The molecule has 0 spiro atoms. The largest absolute Gasteiger partial charge is 0.356 e. The summed E-state index contributed by atoms with van der Waals surface area (Å²) in [6.07, 6.45) is 3.54. The highest BCUT2D eigenvalue weighted by Gasteiger charge is 2.25. The summed E-state index contributed by atoms with van der Waals surface area (Å²) in [7, 11) is 0. The van der Waals surface area contributed by atoms with Crippen molar-refractivity contribution in [3.63, 3.8) is 0 Å². The van der Waals surface area contributed by atoms with Crippen LogP contribution in [0.2, 0.25) is 0 Å². The molecule has 2 N–H and O–H groups in total. The van der Waals surface area contributed by atoms with Crippen LogP contribution in [0.1, 0.15) is 46.0 Å². The number of carbonyl (C=O) groups is 2. The molecule has 19 heavy (non-hydrogen) atoms. The number of hydrogen-bond donors (Lipinski definition) is 2. The van der Waals surface area contributed by atoms with E-state index in [0.29, 0.717) is 25.4 Å². The van der Waals surface area contributed by atoms with Gasteiger partial charge in [0.1, 0.15) is 0 Å².